The number of ether oxygens (including phenoxy) is 1. The SMILES string of the molecule is CCN(CC)S(=O)(=O)c1ccc2[nH]c(=O)cc(C(=O)OC(C)c3ccc(C(C)C)cc3)c2c1. The van der Waals surface area contributed by atoms with Crippen molar-refractivity contribution in [1.82, 2.24) is 9.29 Å². The molecule has 176 valence electrons. The topological polar surface area (TPSA) is 96.5 Å². The second-order valence-electron chi connectivity index (χ2n) is 8.21. The molecule has 0 aliphatic carbocycles. The summed E-state index contributed by atoms with van der Waals surface area (Å²) in [7, 11) is -3.73. The monoisotopic (exact) mass is 470 g/mol. The van der Waals surface area contributed by atoms with Crippen LogP contribution in [-0.4, -0.2) is 36.8 Å². The lowest BCUT2D eigenvalue weighted by atomic mass is 10.0. The first kappa shape index (κ1) is 24.7. The van der Waals surface area contributed by atoms with Crippen molar-refractivity contribution in [2.24, 2.45) is 0 Å². The summed E-state index contributed by atoms with van der Waals surface area (Å²) in [6.07, 6.45) is -0.546. The average Bonchev–Trinajstić information content (AvgIpc) is 2.78. The molecule has 1 unspecified atom stereocenters. The first-order valence-electron chi connectivity index (χ1n) is 11.1. The van der Waals surface area contributed by atoms with Gasteiger partial charge in [-0.1, -0.05) is 52.0 Å². The van der Waals surface area contributed by atoms with Crippen LogP contribution in [-0.2, 0) is 14.8 Å². The van der Waals surface area contributed by atoms with Gasteiger partial charge in [0.05, 0.1) is 10.5 Å². The zero-order valence-electron chi connectivity index (χ0n) is 19.6. The molecule has 8 heteroatoms. The van der Waals surface area contributed by atoms with Gasteiger partial charge in [0.25, 0.3) is 0 Å². The number of hydrogen-bond acceptors (Lipinski definition) is 5. The van der Waals surface area contributed by atoms with E-state index in [9.17, 15) is 18.0 Å². The fraction of sp³-hybridized carbons (Fsp3) is 0.360. The Bertz CT molecular complexity index is 1310. The number of aromatic amines is 1. The summed E-state index contributed by atoms with van der Waals surface area (Å²) in [4.78, 5) is 27.9. The minimum Gasteiger partial charge on any atom is -0.454 e. The van der Waals surface area contributed by atoms with Gasteiger partial charge in [-0.25, -0.2) is 13.2 Å². The van der Waals surface area contributed by atoms with E-state index in [1.54, 1.807) is 20.8 Å². The van der Waals surface area contributed by atoms with Crippen LogP contribution in [0.3, 0.4) is 0 Å². The van der Waals surface area contributed by atoms with Gasteiger partial charge in [-0.2, -0.15) is 4.31 Å². The van der Waals surface area contributed by atoms with Crippen LogP contribution < -0.4 is 5.56 Å². The normalized spacial score (nSPS) is 12.9. The Balaban J connectivity index is 1.99. The van der Waals surface area contributed by atoms with Gasteiger partial charge in [0, 0.05) is 30.1 Å². The largest absolute Gasteiger partial charge is 0.454 e. The number of aromatic nitrogens is 1. The number of carbonyl (C=O) groups is 1. The maximum Gasteiger partial charge on any atom is 0.339 e. The minimum atomic E-state index is -3.73. The van der Waals surface area contributed by atoms with E-state index in [-0.39, 0.29) is 10.5 Å². The summed E-state index contributed by atoms with van der Waals surface area (Å²) >= 11 is 0. The van der Waals surface area contributed by atoms with Crippen molar-refractivity contribution >= 4 is 26.9 Å². The Hall–Kier alpha value is -2.97. The van der Waals surface area contributed by atoms with E-state index in [4.69, 9.17) is 4.74 Å². The molecule has 0 amide bonds. The lowest BCUT2D eigenvalue weighted by Gasteiger charge is -2.19. The van der Waals surface area contributed by atoms with Crippen molar-refractivity contribution in [3.63, 3.8) is 0 Å². The Morgan fingerprint density at radius 2 is 1.58 bits per heavy atom. The summed E-state index contributed by atoms with van der Waals surface area (Å²) in [5.41, 5.74) is 1.92. The van der Waals surface area contributed by atoms with Crippen LogP contribution in [0, 0.1) is 0 Å². The molecule has 2 aromatic carbocycles. The summed E-state index contributed by atoms with van der Waals surface area (Å²) in [6.45, 7) is 10.1. The third kappa shape index (κ3) is 5.17. The van der Waals surface area contributed by atoms with Crippen molar-refractivity contribution in [2.45, 2.75) is 51.5 Å². The number of H-pyrrole nitrogens is 1. The van der Waals surface area contributed by atoms with Crippen LogP contribution in [0.5, 0.6) is 0 Å². The van der Waals surface area contributed by atoms with Crippen LogP contribution in [0.25, 0.3) is 10.9 Å². The van der Waals surface area contributed by atoms with E-state index in [0.29, 0.717) is 29.9 Å². The number of hydrogen-bond donors (Lipinski definition) is 1. The molecular formula is C25H30N2O5S. The molecule has 33 heavy (non-hydrogen) atoms. The first-order valence-corrected chi connectivity index (χ1v) is 12.5. The number of nitrogens with one attached hydrogen (secondary N) is 1. The number of esters is 1. The minimum absolute atomic E-state index is 0.0241. The van der Waals surface area contributed by atoms with Crippen LogP contribution >= 0.6 is 0 Å². The number of benzene rings is 2. The molecule has 3 aromatic rings. The lowest BCUT2D eigenvalue weighted by Crippen LogP contribution is -2.30. The Kier molecular flexibility index (Phi) is 7.39. The van der Waals surface area contributed by atoms with E-state index >= 15 is 0 Å². The van der Waals surface area contributed by atoms with Crippen LogP contribution in [0.4, 0.5) is 0 Å². The number of carbonyl (C=O) groups excluding carboxylic acids is 1. The molecular weight excluding hydrogens is 440 g/mol. The third-order valence-corrected chi connectivity index (χ3v) is 7.78. The summed E-state index contributed by atoms with van der Waals surface area (Å²) in [6, 6.07) is 13.3. The number of fused-ring (bicyclic) bond motifs is 1. The zero-order valence-corrected chi connectivity index (χ0v) is 20.4. The second-order valence-corrected chi connectivity index (χ2v) is 10.2. The molecule has 1 heterocycles. The van der Waals surface area contributed by atoms with Gasteiger partial charge < -0.3 is 9.72 Å². The highest BCUT2D eigenvalue weighted by atomic mass is 32.2. The highest BCUT2D eigenvalue weighted by Gasteiger charge is 2.24. The van der Waals surface area contributed by atoms with E-state index in [2.05, 4.69) is 18.8 Å². The van der Waals surface area contributed by atoms with Gasteiger partial charge in [0.2, 0.25) is 15.6 Å². The van der Waals surface area contributed by atoms with Crippen molar-refractivity contribution in [1.29, 1.82) is 0 Å². The molecule has 0 spiro atoms. The van der Waals surface area contributed by atoms with Crippen LogP contribution in [0.15, 0.2) is 58.2 Å². The van der Waals surface area contributed by atoms with Crippen LogP contribution in [0.2, 0.25) is 0 Å². The molecule has 1 aromatic heterocycles. The van der Waals surface area contributed by atoms with Gasteiger partial charge in [-0.3, -0.25) is 4.79 Å². The van der Waals surface area contributed by atoms with Crippen molar-refractivity contribution in [3.05, 3.63) is 75.6 Å². The predicted molar refractivity (Wildman–Crippen MR) is 129 cm³/mol. The van der Waals surface area contributed by atoms with Crippen molar-refractivity contribution in [2.75, 3.05) is 13.1 Å². The first-order chi connectivity index (χ1) is 15.6. The number of sulfonamides is 1. The van der Waals surface area contributed by atoms with E-state index in [1.165, 1.54) is 28.1 Å². The maximum absolute atomic E-state index is 13.0. The van der Waals surface area contributed by atoms with E-state index in [0.717, 1.165) is 11.6 Å². The molecule has 1 N–H and O–H groups in total. The molecule has 0 aliphatic rings. The van der Waals surface area contributed by atoms with Gasteiger partial charge in [-0.15, -0.1) is 0 Å². The standard InChI is InChI=1S/C25H30N2O5S/c1-6-27(7-2)33(30,31)20-12-13-23-21(14-20)22(15-24(28)26-23)25(29)32-17(5)19-10-8-18(9-11-19)16(3)4/h8-17H,6-7H2,1-5H3,(H,26,28). The summed E-state index contributed by atoms with van der Waals surface area (Å²) < 4.78 is 32.9. The summed E-state index contributed by atoms with van der Waals surface area (Å²) in [5, 5.41) is 0.315. The lowest BCUT2D eigenvalue weighted by molar-refractivity contribution is 0.0340. The molecule has 0 aliphatic heterocycles. The smallest absolute Gasteiger partial charge is 0.339 e. The fourth-order valence-corrected chi connectivity index (χ4v) is 5.20. The van der Waals surface area contributed by atoms with E-state index in [1.807, 2.05) is 24.3 Å². The summed E-state index contributed by atoms with van der Waals surface area (Å²) in [5.74, 6) is -0.301. The fourth-order valence-electron chi connectivity index (χ4n) is 3.72. The number of rotatable bonds is 8. The highest BCUT2D eigenvalue weighted by Crippen LogP contribution is 2.26. The predicted octanol–water partition coefficient (Wildman–Crippen LogP) is 4.60. The van der Waals surface area contributed by atoms with Gasteiger partial charge in [-0.05, 0) is 42.2 Å². The highest BCUT2D eigenvalue weighted by molar-refractivity contribution is 7.89. The molecule has 1 atom stereocenters. The maximum atomic E-state index is 13.0. The van der Waals surface area contributed by atoms with Crippen molar-refractivity contribution in [3.8, 4) is 0 Å². The molecule has 0 bridgehead atoms. The molecule has 3 rings (SSSR count). The van der Waals surface area contributed by atoms with E-state index < -0.39 is 27.7 Å². The van der Waals surface area contributed by atoms with Gasteiger partial charge in [0.15, 0.2) is 0 Å². The average molecular weight is 471 g/mol. The van der Waals surface area contributed by atoms with Gasteiger partial charge >= 0.3 is 5.97 Å². The number of pyridine rings is 1. The van der Waals surface area contributed by atoms with Gasteiger partial charge in [0.1, 0.15) is 6.10 Å². The Morgan fingerprint density at radius 3 is 2.15 bits per heavy atom. The second kappa shape index (κ2) is 9.89. The molecule has 0 saturated carbocycles. The molecule has 0 radical (unpaired) electrons. The molecule has 0 saturated heterocycles. The van der Waals surface area contributed by atoms with Crippen LogP contribution in [0.1, 0.15) is 68.1 Å². The zero-order chi connectivity index (χ0) is 24.3. The molecule has 0 fully saturated rings. The Morgan fingerprint density at radius 1 is 0.970 bits per heavy atom. The number of nitrogens with zero attached hydrogens (tertiary/aromatic N) is 1. The third-order valence-electron chi connectivity index (χ3n) is 5.73. The molecule has 7 nitrogen and oxygen atoms in total. The Labute approximate surface area is 194 Å². The van der Waals surface area contributed by atoms with Crippen molar-refractivity contribution < 1.29 is 17.9 Å². The quantitative estimate of drug-likeness (QED) is 0.485.